The smallest absolute Gasteiger partial charge is 0.0489 e. The van der Waals surface area contributed by atoms with E-state index in [2.05, 4.69) is 74.4 Å². The fourth-order valence-electron chi connectivity index (χ4n) is 5.91. The molecular weight excluding hydrogens is 431 g/mol. The molecule has 0 unspecified atom stereocenters. The predicted octanol–water partition coefficient (Wildman–Crippen LogP) is 7.91. The second-order valence-electron chi connectivity index (χ2n) is 10.1. The van der Waals surface area contributed by atoms with E-state index in [1.807, 2.05) is 0 Å². The highest BCUT2D eigenvalue weighted by Crippen LogP contribution is 2.58. The van der Waals surface area contributed by atoms with Gasteiger partial charge in [0, 0.05) is 55.5 Å². The first-order chi connectivity index (χ1) is 15.5. The van der Waals surface area contributed by atoms with Gasteiger partial charge in [-0.2, -0.15) is 0 Å². The SMILES string of the molecule is CN(C)c1cccc(N(C)C)c1-c1cccc(Cl)c1P(C1CCCCC1)C1CCCCC1. The van der Waals surface area contributed by atoms with E-state index in [4.69, 9.17) is 11.6 Å². The monoisotopic (exact) mass is 470 g/mol. The van der Waals surface area contributed by atoms with Crippen molar-refractivity contribution in [2.75, 3.05) is 38.0 Å². The van der Waals surface area contributed by atoms with Crippen molar-refractivity contribution in [2.24, 2.45) is 0 Å². The summed E-state index contributed by atoms with van der Waals surface area (Å²) in [5.74, 6) is 0. The molecule has 0 aliphatic heterocycles. The maximum atomic E-state index is 7.17. The summed E-state index contributed by atoms with van der Waals surface area (Å²) in [6.45, 7) is 0. The number of nitrogens with zero attached hydrogens (tertiary/aromatic N) is 2. The average molecular weight is 471 g/mol. The lowest BCUT2D eigenvalue weighted by atomic mass is 9.99. The number of benzene rings is 2. The fraction of sp³-hybridized carbons (Fsp3) is 0.571. The minimum Gasteiger partial charge on any atom is -0.377 e. The van der Waals surface area contributed by atoms with Crippen molar-refractivity contribution in [2.45, 2.75) is 75.5 Å². The van der Waals surface area contributed by atoms with Crippen LogP contribution in [0.25, 0.3) is 11.1 Å². The average Bonchev–Trinajstić information content (AvgIpc) is 2.81. The molecule has 0 saturated heterocycles. The van der Waals surface area contributed by atoms with Crippen LogP contribution in [-0.4, -0.2) is 39.5 Å². The Morgan fingerprint density at radius 3 is 1.62 bits per heavy atom. The Bertz CT molecular complexity index is 854. The minimum absolute atomic E-state index is 0.290. The summed E-state index contributed by atoms with van der Waals surface area (Å²) in [6.07, 6.45) is 14.0. The first kappa shape index (κ1) is 23.9. The minimum atomic E-state index is -0.290. The summed E-state index contributed by atoms with van der Waals surface area (Å²) in [5, 5.41) is 2.50. The van der Waals surface area contributed by atoms with Crippen molar-refractivity contribution < 1.29 is 0 Å². The van der Waals surface area contributed by atoms with Crippen molar-refractivity contribution in [3.63, 3.8) is 0 Å². The second kappa shape index (κ2) is 10.8. The van der Waals surface area contributed by atoms with Gasteiger partial charge in [0.2, 0.25) is 0 Å². The Morgan fingerprint density at radius 2 is 1.16 bits per heavy atom. The van der Waals surface area contributed by atoms with Gasteiger partial charge in [0.1, 0.15) is 0 Å². The van der Waals surface area contributed by atoms with Gasteiger partial charge in [0.05, 0.1) is 0 Å². The van der Waals surface area contributed by atoms with E-state index >= 15 is 0 Å². The van der Waals surface area contributed by atoms with Crippen LogP contribution in [0, 0.1) is 0 Å². The molecule has 0 aromatic heterocycles. The van der Waals surface area contributed by atoms with E-state index in [1.54, 1.807) is 0 Å². The van der Waals surface area contributed by atoms with Gasteiger partial charge in [0.15, 0.2) is 0 Å². The molecule has 174 valence electrons. The summed E-state index contributed by atoms with van der Waals surface area (Å²) in [4.78, 5) is 4.52. The molecule has 0 bridgehead atoms. The highest BCUT2D eigenvalue weighted by atomic mass is 35.5. The topological polar surface area (TPSA) is 6.48 Å². The largest absolute Gasteiger partial charge is 0.377 e. The number of hydrogen-bond donors (Lipinski definition) is 0. The van der Waals surface area contributed by atoms with Crippen LogP contribution in [-0.2, 0) is 0 Å². The van der Waals surface area contributed by atoms with Crippen molar-refractivity contribution in [3.8, 4) is 11.1 Å². The third-order valence-electron chi connectivity index (χ3n) is 7.43. The molecule has 0 N–H and O–H groups in total. The van der Waals surface area contributed by atoms with E-state index in [1.165, 1.54) is 92.0 Å². The molecule has 0 heterocycles. The van der Waals surface area contributed by atoms with E-state index in [-0.39, 0.29) is 7.92 Å². The standard InChI is InChI=1S/C28H40ClN2P/c1-30(2)25-19-12-20-26(31(3)4)27(25)23-17-11-18-24(29)28(23)32(21-13-7-5-8-14-21)22-15-9-6-10-16-22/h11-12,17-22H,5-10,13-16H2,1-4H3. The zero-order chi connectivity index (χ0) is 22.7. The molecule has 0 spiro atoms. The van der Waals surface area contributed by atoms with E-state index in [0.717, 1.165) is 16.3 Å². The Balaban J connectivity index is 1.93. The van der Waals surface area contributed by atoms with Gasteiger partial charge in [-0.25, -0.2) is 0 Å². The lowest BCUT2D eigenvalue weighted by molar-refractivity contribution is 0.487. The molecule has 4 rings (SSSR count). The van der Waals surface area contributed by atoms with Crippen LogP contribution >= 0.6 is 19.5 Å². The highest BCUT2D eigenvalue weighted by Gasteiger charge is 2.35. The van der Waals surface area contributed by atoms with Crippen molar-refractivity contribution in [1.29, 1.82) is 0 Å². The van der Waals surface area contributed by atoms with E-state index in [9.17, 15) is 0 Å². The van der Waals surface area contributed by atoms with E-state index < -0.39 is 0 Å². The van der Waals surface area contributed by atoms with Gasteiger partial charge in [-0.05, 0) is 60.8 Å². The summed E-state index contributed by atoms with van der Waals surface area (Å²) in [5.41, 5.74) is 6.94. The molecule has 0 radical (unpaired) electrons. The van der Waals surface area contributed by atoms with Crippen molar-refractivity contribution in [3.05, 3.63) is 41.4 Å². The quantitative estimate of drug-likeness (QED) is 0.395. The van der Waals surface area contributed by atoms with E-state index in [0.29, 0.717) is 0 Å². The maximum absolute atomic E-state index is 7.17. The van der Waals surface area contributed by atoms with Crippen LogP contribution in [0.2, 0.25) is 5.02 Å². The Morgan fingerprint density at radius 1 is 0.688 bits per heavy atom. The number of anilines is 2. The van der Waals surface area contributed by atoms with Crippen molar-refractivity contribution >= 4 is 36.2 Å². The predicted molar refractivity (Wildman–Crippen MR) is 146 cm³/mol. The normalized spacial score (nSPS) is 18.2. The molecule has 32 heavy (non-hydrogen) atoms. The number of halogens is 1. The molecule has 2 nitrogen and oxygen atoms in total. The fourth-order valence-corrected chi connectivity index (χ4v) is 10.3. The molecule has 0 amide bonds. The van der Waals surface area contributed by atoms with Crippen LogP contribution in [0.5, 0.6) is 0 Å². The van der Waals surface area contributed by atoms with Crippen LogP contribution in [0.1, 0.15) is 64.2 Å². The summed E-state index contributed by atoms with van der Waals surface area (Å²) in [6, 6.07) is 13.4. The van der Waals surface area contributed by atoms with Gasteiger partial charge in [0.25, 0.3) is 0 Å². The third-order valence-corrected chi connectivity index (χ3v) is 11.5. The first-order valence-electron chi connectivity index (χ1n) is 12.5. The Labute approximate surface area is 202 Å². The third kappa shape index (κ3) is 4.97. The first-order valence-corrected chi connectivity index (χ1v) is 14.4. The summed E-state index contributed by atoms with van der Waals surface area (Å²) in [7, 11) is 8.35. The molecule has 2 aromatic rings. The van der Waals surface area contributed by atoms with Crippen LogP contribution in [0.15, 0.2) is 36.4 Å². The van der Waals surface area contributed by atoms with Gasteiger partial charge in [-0.3, -0.25) is 0 Å². The molecule has 4 heteroatoms. The highest BCUT2D eigenvalue weighted by molar-refractivity contribution is 7.67. The molecule has 2 aliphatic rings. The number of hydrogen-bond acceptors (Lipinski definition) is 2. The van der Waals surface area contributed by atoms with Crippen LogP contribution < -0.4 is 15.1 Å². The lowest BCUT2D eigenvalue weighted by Gasteiger charge is -2.40. The molecule has 2 fully saturated rings. The van der Waals surface area contributed by atoms with Gasteiger partial charge in [-0.1, -0.05) is 76.2 Å². The molecule has 2 saturated carbocycles. The number of rotatable bonds is 6. The maximum Gasteiger partial charge on any atom is 0.0489 e. The summed E-state index contributed by atoms with van der Waals surface area (Å²) >= 11 is 7.17. The van der Waals surface area contributed by atoms with Gasteiger partial charge < -0.3 is 9.80 Å². The van der Waals surface area contributed by atoms with Crippen LogP contribution in [0.3, 0.4) is 0 Å². The summed E-state index contributed by atoms with van der Waals surface area (Å²) < 4.78 is 0. The lowest BCUT2D eigenvalue weighted by Crippen LogP contribution is -2.28. The molecular formula is C28H40ClN2P. The molecule has 2 aliphatic carbocycles. The van der Waals surface area contributed by atoms with Crippen molar-refractivity contribution in [1.82, 2.24) is 0 Å². The Kier molecular flexibility index (Phi) is 8.06. The molecule has 2 aromatic carbocycles. The zero-order valence-electron chi connectivity index (χ0n) is 20.4. The van der Waals surface area contributed by atoms with Gasteiger partial charge >= 0.3 is 0 Å². The van der Waals surface area contributed by atoms with Crippen LogP contribution in [0.4, 0.5) is 11.4 Å². The second-order valence-corrected chi connectivity index (χ2v) is 13.2. The zero-order valence-corrected chi connectivity index (χ0v) is 22.1. The molecule has 0 atom stereocenters. The Hall–Kier alpha value is -1.24. The van der Waals surface area contributed by atoms with Gasteiger partial charge in [-0.15, -0.1) is 0 Å².